The zero-order chi connectivity index (χ0) is 14.3. The Labute approximate surface area is 131 Å². The lowest BCUT2D eigenvalue weighted by molar-refractivity contribution is 0.242. The predicted octanol–water partition coefficient (Wildman–Crippen LogP) is 5.28. The second kappa shape index (κ2) is 7.60. The molecule has 1 aromatic carbocycles. The van der Waals surface area contributed by atoms with E-state index in [0.717, 1.165) is 17.7 Å². The van der Waals surface area contributed by atoms with Crippen molar-refractivity contribution in [1.29, 1.82) is 0 Å². The summed E-state index contributed by atoms with van der Waals surface area (Å²) >= 11 is 1.57. The number of rotatable bonds is 6. The zero-order valence-electron chi connectivity index (χ0n) is 12.4. The van der Waals surface area contributed by atoms with Gasteiger partial charge >= 0.3 is 0 Å². The van der Waals surface area contributed by atoms with E-state index >= 15 is 0 Å². The van der Waals surface area contributed by atoms with Crippen LogP contribution in [0.15, 0.2) is 41.9 Å². The highest BCUT2D eigenvalue weighted by Gasteiger charge is 2.21. The van der Waals surface area contributed by atoms with Gasteiger partial charge in [0, 0.05) is 17.5 Å². The van der Waals surface area contributed by atoms with E-state index in [9.17, 15) is 0 Å². The molecule has 0 spiro atoms. The minimum absolute atomic E-state index is 0.484. The van der Waals surface area contributed by atoms with Crippen molar-refractivity contribution in [2.24, 2.45) is 5.92 Å². The van der Waals surface area contributed by atoms with Crippen molar-refractivity contribution < 1.29 is 4.74 Å². The summed E-state index contributed by atoms with van der Waals surface area (Å²) in [4.78, 5) is 4.22. The van der Waals surface area contributed by atoms with Crippen LogP contribution in [0.1, 0.15) is 50.0 Å². The number of hydrogen-bond donors (Lipinski definition) is 0. The second-order valence-corrected chi connectivity index (χ2v) is 6.81. The Balaban J connectivity index is 1.65. The van der Waals surface area contributed by atoms with Crippen LogP contribution in [0.25, 0.3) is 0 Å². The molecule has 1 heterocycles. The summed E-state index contributed by atoms with van der Waals surface area (Å²) in [5.41, 5.74) is 1.40. The number of benzene rings is 1. The summed E-state index contributed by atoms with van der Waals surface area (Å²) in [5.74, 6) is 1.35. The van der Waals surface area contributed by atoms with Crippen molar-refractivity contribution in [2.75, 3.05) is 6.61 Å². The minimum Gasteiger partial charge on any atom is -0.469 e. The van der Waals surface area contributed by atoms with Gasteiger partial charge in [-0.05, 0) is 17.9 Å². The molecule has 0 amide bonds. The Kier molecular flexibility index (Phi) is 5.28. The van der Waals surface area contributed by atoms with Crippen LogP contribution >= 0.6 is 11.3 Å². The minimum atomic E-state index is 0.484. The van der Waals surface area contributed by atoms with Gasteiger partial charge in [0.15, 0.2) is 0 Å². The van der Waals surface area contributed by atoms with E-state index in [1.54, 1.807) is 17.5 Å². The SMILES string of the molecule is c1ccc(C(COc2nccs2)CC2CCCCC2)cc1. The molecular weight excluding hydrogens is 278 g/mol. The van der Waals surface area contributed by atoms with Gasteiger partial charge < -0.3 is 4.74 Å². The molecule has 0 saturated heterocycles. The molecule has 1 aliphatic carbocycles. The molecular formula is C18H23NOS. The van der Waals surface area contributed by atoms with Crippen molar-refractivity contribution >= 4 is 11.3 Å². The maximum atomic E-state index is 5.91. The lowest BCUT2D eigenvalue weighted by atomic mass is 9.81. The monoisotopic (exact) mass is 301 g/mol. The molecule has 0 bridgehead atoms. The molecule has 2 aromatic rings. The van der Waals surface area contributed by atoms with E-state index in [4.69, 9.17) is 4.74 Å². The zero-order valence-corrected chi connectivity index (χ0v) is 13.2. The summed E-state index contributed by atoms with van der Waals surface area (Å²) in [7, 11) is 0. The normalized spacial score (nSPS) is 17.5. The lowest BCUT2D eigenvalue weighted by Crippen LogP contribution is -2.16. The molecule has 1 unspecified atom stereocenters. The van der Waals surface area contributed by atoms with Gasteiger partial charge in [-0.25, -0.2) is 4.98 Å². The maximum absolute atomic E-state index is 5.91. The molecule has 0 aliphatic heterocycles. The van der Waals surface area contributed by atoms with Gasteiger partial charge in [-0.3, -0.25) is 0 Å². The van der Waals surface area contributed by atoms with Crippen LogP contribution in [0, 0.1) is 5.92 Å². The summed E-state index contributed by atoms with van der Waals surface area (Å²) in [6, 6.07) is 10.8. The molecule has 21 heavy (non-hydrogen) atoms. The highest BCUT2D eigenvalue weighted by atomic mass is 32.1. The van der Waals surface area contributed by atoms with Crippen molar-refractivity contribution in [2.45, 2.75) is 44.4 Å². The third-order valence-corrected chi connectivity index (χ3v) is 5.11. The smallest absolute Gasteiger partial charge is 0.273 e. The quantitative estimate of drug-likeness (QED) is 0.724. The fraction of sp³-hybridized carbons (Fsp3) is 0.500. The van der Waals surface area contributed by atoms with Gasteiger partial charge in [0.2, 0.25) is 0 Å². The molecule has 112 valence electrons. The molecule has 1 aromatic heterocycles. The molecule has 2 nitrogen and oxygen atoms in total. The number of ether oxygens (including phenoxy) is 1. The number of thiazole rings is 1. The number of aromatic nitrogens is 1. The van der Waals surface area contributed by atoms with E-state index in [1.165, 1.54) is 44.1 Å². The molecule has 0 radical (unpaired) electrons. The summed E-state index contributed by atoms with van der Waals surface area (Å²) in [5, 5.41) is 2.76. The van der Waals surface area contributed by atoms with Crippen LogP contribution in [0.2, 0.25) is 0 Å². The van der Waals surface area contributed by atoms with Gasteiger partial charge in [-0.15, -0.1) is 0 Å². The molecule has 1 atom stereocenters. The van der Waals surface area contributed by atoms with Gasteiger partial charge in [-0.1, -0.05) is 73.8 Å². The molecule has 0 N–H and O–H groups in total. The fourth-order valence-corrected chi connectivity index (χ4v) is 3.80. The standard InChI is InChI=1S/C18H23NOS/c1-3-7-15(8-4-1)13-17(16-9-5-2-6-10-16)14-20-18-19-11-12-21-18/h2,5-6,9-12,15,17H,1,3-4,7-8,13-14H2. The van der Waals surface area contributed by atoms with Crippen molar-refractivity contribution in [3.8, 4) is 5.19 Å². The molecule has 1 fully saturated rings. The Morgan fingerprint density at radius 1 is 1.14 bits per heavy atom. The first-order valence-corrected chi connectivity index (χ1v) is 8.87. The number of nitrogens with zero attached hydrogens (tertiary/aromatic N) is 1. The van der Waals surface area contributed by atoms with Crippen LogP contribution in [0.5, 0.6) is 5.19 Å². The van der Waals surface area contributed by atoms with E-state index in [1.807, 2.05) is 5.38 Å². The van der Waals surface area contributed by atoms with Gasteiger partial charge in [-0.2, -0.15) is 0 Å². The van der Waals surface area contributed by atoms with Crippen LogP contribution in [0.4, 0.5) is 0 Å². The third-order valence-electron chi connectivity index (χ3n) is 4.43. The first-order chi connectivity index (χ1) is 10.4. The molecule has 1 aliphatic rings. The largest absolute Gasteiger partial charge is 0.469 e. The van der Waals surface area contributed by atoms with Gasteiger partial charge in [0.25, 0.3) is 5.19 Å². The number of hydrogen-bond acceptors (Lipinski definition) is 3. The lowest BCUT2D eigenvalue weighted by Gasteiger charge is -2.26. The van der Waals surface area contributed by atoms with E-state index < -0.39 is 0 Å². The molecule has 1 saturated carbocycles. The Morgan fingerprint density at radius 2 is 1.95 bits per heavy atom. The van der Waals surface area contributed by atoms with E-state index in [0.29, 0.717) is 5.92 Å². The average molecular weight is 301 g/mol. The summed E-state index contributed by atoms with van der Waals surface area (Å²) in [6.45, 7) is 0.744. The summed E-state index contributed by atoms with van der Waals surface area (Å²) < 4.78 is 5.91. The van der Waals surface area contributed by atoms with E-state index in [2.05, 4.69) is 35.3 Å². The maximum Gasteiger partial charge on any atom is 0.273 e. The Morgan fingerprint density at radius 3 is 2.67 bits per heavy atom. The third kappa shape index (κ3) is 4.31. The van der Waals surface area contributed by atoms with Gasteiger partial charge in [0.1, 0.15) is 0 Å². The fourth-order valence-electron chi connectivity index (χ4n) is 3.30. The van der Waals surface area contributed by atoms with Gasteiger partial charge in [0.05, 0.1) is 6.61 Å². The highest BCUT2D eigenvalue weighted by Crippen LogP contribution is 2.33. The predicted molar refractivity (Wildman–Crippen MR) is 88.0 cm³/mol. The summed E-state index contributed by atoms with van der Waals surface area (Å²) in [6.07, 6.45) is 10.1. The van der Waals surface area contributed by atoms with Crippen LogP contribution < -0.4 is 4.74 Å². The van der Waals surface area contributed by atoms with Crippen molar-refractivity contribution in [1.82, 2.24) is 4.98 Å². The topological polar surface area (TPSA) is 22.1 Å². The second-order valence-electron chi connectivity index (χ2n) is 5.96. The Bertz CT molecular complexity index is 505. The first kappa shape index (κ1) is 14.6. The van der Waals surface area contributed by atoms with Crippen LogP contribution in [-0.4, -0.2) is 11.6 Å². The van der Waals surface area contributed by atoms with Crippen molar-refractivity contribution in [3.05, 3.63) is 47.5 Å². The average Bonchev–Trinajstić information content (AvgIpc) is 3.07. The van der Waals surface area contributed by atoms with Crippen molar-refractivity contribution in [3.63, 3.8) is 0 Å². The Hall–Kier alpha value is -1.35. The van der Waals surface area contributed by atoms with E-state index in [-0.39, 0.29) is 0 Å². The first-order valence-electron chi connectivity index (χ1n) is 7.99. The van der Waals surface area contributed by atoms with Crippen LogP contribution in [-0.2, 0) is 0 Å². The van der Waals surface area contributed by atoms with Crippen LogP contribution in [0.3, 0.4) is 0 Å². The molecule has 3 rings (SSSR count). The molecule has 3 heteroatoms. The highest BCUT2D eigenvalue weighted by molar-refractivity contribution is 7.11.